The Morgan fingerprint density at radius 1 is 1.07 bits per heavy atom. The zero-order valence-electron chi connectivity index (χ0n) is 22.7. The van der Waals surface area contributed by atoms with E-state index in [4.69, 9.17) is 16.3 Å². The van der Waals surface area contributed by atoms with E-state index in [-0.39, 0.29) is 43.9 Å². The molecule has 0 atom stereocenters. The molecule has 3 aromatic carbocycles. The molecule has 0 fully saturated rings. The first kappa shape index (κ1) is 30.2. The van der Waals surface area contributed by atoms with Crippen molar-refractivity contribution >= 4 is 66.9 Å². The van der Waals surface area contributed by atoms with Gasteiger partial charge in [-0.2, -0.15) is 5.10 Å². The van der Waals surface area contributed by atoms with Crippen molar-refractivity contribution in [2.45, 2.75) is 11.8 Å². The van der Waals surface area contributed by atoms with Crippen molar-refractivity contribution in [3.05, 3.63) is 87.9 Å². The van der Waals surface area contributed by atoms with Crippen molar-refractivity contribution in [1.82, 2.24) is 20.0 Å². The Morgan fingerprint density at radius 3 is 2.43 bits per heavy atom. The van der Waals surface area contributed by atoms with Gasteiger partial charge in [0, 0.05) is 29.8 Å². The predicted octanol–water partition coefficient (Wildman–Crippen LogP) is 6.14. The van der Waals surface area contributed by atoms with E-state index in [1.807, 2.05) is 0 Å². The number of nitrogens with one attached hydrogen (secondary N) is 2. The molecule has 15 nitrogen and oxygen atoms in total. The van der Waals surface area contributed by atoms with Gasteiger partial charge >= 0.3 is 0 Å². The average molecular weight is 654 g/mol. The Kier molecular flexibility index (Phi) is 8.61. The first-order valence-electron chi connectivity index (χ1n) is 12.4. The third-order valence-corrected chi connectivity index (χ3v) is 8.30. The smallest absolute Gasteiger partial charge is 0.269 e. The van der Waals surface area contributed by atoms with Crippen LogP contribution in [0.5, 0.6) is 5.75 Å². The third-order valence-electron chi connectivity index (χ3n) is 5.73. The molecule has 2 aromatic heterocycles. The standard InChI is InChI=1S/C26H20ClN9O6S2/c1-15(37)28-17-8-12-21(13-9-17)44(40,41)34-26-32-31-25(43-26)22-23(42-2)24(35(33-22)20-5-3-4-16(27)14-20)30-29-18-6-10-19(11-7-18)36(38)39/h3-14H,1-2H3,(H,28,37)(H,32,34). The lowest BCUT2D eigenvalue weighted by atomic mass is 10.3. The molecule has 0 saturated carbocycles. The number of aromatic nitrogens is 4. The number of benzene rings is 3. The topological polar surface area (TPSA) is 196 Å². The Balaban J connectivity index is 1.49. The van der Waals surface area contributed by atoms with Crippen LogP contribution in [-0.2, 0) is 14.8 Å². The lowest BCUT2D eigenvalue weighted by molar-refractivity contribution is -0.384. The van der Waals surface area contributed by atoms with Gasteiger partial charge in [-0.1, -0.05) is 29.0 Å². The molecule has 2 heterocycles. The number of amides is 1. The fourth-order valence-corrected chi connectivity index (χ4v) is 5.94. The van der Waals surface area contributed by atoms with E-state index in [0.29, 0.717) is 22.1 Å². The summed E-state index contributed by atoms with van der Waals surface area (Å²) in [6.45, 7) is 1.34. The number of non-ortho nitro benzene ring substituents is 1. The number of nitro benzene ring substituents is 1. The summed E-state index contributed by atoms with van der Waals surface area (Å²) in [6.07, 6.45) is 0. The van der Waals surface area contributed by atoms with Gasteiger partial charge in [0.25, 0.3) is 15.7 Å². The molecule has 0 aliphatic rings. The van der Waals surface area contributed by atoms with Gasteiger partial charge in [-0.25, -0.2) is 13.1 Å². The number of hydrogen-bond donors (Lipinski definition) is 2. The third kappa shape index (κ3) is 6.69. The highest BCUT2D eigenvalue weighted by Gasteiger charge is 2.26. The molecule has 2 N–H and O–H groups in total. The number of nitro groups is 1. The predicted molar refractivity (Wildman–Crippen MR) is 163 cm³/mol. The SMILES string of the molecule is COc1c(-c2nnc(NS(=O)(=O)c3ccc(NC(C)=O)cc3)s2)nn(-c2cccc(Cl)c2)c1N=Nc1ccc([N+](=O)[O-])cc1. The zero-order valence-corrected chi connectivity index (χ0v) is 25.1. The van der Waals surface area contributed by atoms with E-state index in [0.717, 1.165) is 11.3 Å². The Labute approximate surface area is 258 Å². The Bertz CT molecular complexity index is 1990. The fraction of sp³-hybridized carbons (Fsp3) is 0.0769. The van der Waals surface area contributed by atoms with Crippen LogP contribution in [0.1, 0.15) is 6.92 Å². The maximum Gasteiger partial charge on any atom is 0.269 e. The number of sulfonamides is 1. The lowest BCUT2D eigenvalue weighted by Crippen LogP contribution is -2.13. The fourth-order valence-electron chi connectivity index (χ4n) is 3.80. The molecule has 0 aliphatic carbocycles. The molecule has 44 heavy (non-hydrogen) atoms. The van der Waals surface area contributed by atoms with E-state index in [1.165, 1.54) is 67.2 Å². The second-order valence-electron chi connectivity index (χ2n) is 8.79. The highest BCUT2D eigenvalue weighted by molar-refractivity contribution is 7.93. The number of carbonyl (C=O) groups excluding carboxylic acids is 1. The number of rotatable bonds is 10. The number of nitrogens with zero attached hydrogens (tertiary/aromatic N) is 7. The summed E-state index contributed by atoms with van der Waals surface area (Å²) >= 11 is 7.12. The van der Waals surface area contributed by atoms with Crippen molar-refractivity contribution in [3.8, 4) is 22.1 Å². The van der Waals surface area contributed by atoms with Crippen molar-refractivity contribution in [2.24, 2.45) is 10.2 Å². The number of halogens is 1. The van der Waals surface area contributed by atoms with Crippen LogP contribution in [0.15, 0.2) is 87.9 Å². The second kappa shape index (κ2) is 12.5. The second-order valence-corrected chi connectivity index (χ2v) is 11.9. The molecule has 0 aliphatic heterocycles. The first-order valence-corrected chi connectivity index (χ1v) is 15.1. The first-order chi connectivity index (χ1) is 21.0. The van der Waals surface area contributed by atoms with E-state index in [1.54, 1.807) is 24.3 Å². The van der Waals surface area contributed by atoms with Crippen LogP contribution < -0.4 is 14.8 Å². The molecule has 0 radical (unpaired) electrons. The van der Waals surface area contributed by atoms with Gasteiger partial charge in [-0.15, -0.1) is 20.4 Å². The van der Waals surface area contributed by atoms with E-state index < -0.39 is 14.9 Å². The van der Waals surface area contributed by atoms with Crippen LogP contribution in [0, 0.1) is 10.1 Å². The summed E-state index contributed by atoms with van der Waals surface area (Å²) in [5.41, 5.74) is 1.37. The molecule has 1 amide bonds. The number of hydrogen-bond acceptors (Lipinski definition) is 12. The average Bonchev–Trinajstić information content (AvgIpc) is 3.60. The summed E-state index contributed by atoms with van der Waals surface area (Å²) in [4.78, 5) is 21.7. The van der Waals surface area contributed by atoms with E-state index in [2.05, 4.69) is 35.6 Å². The van der Waals surface area contributed by atoms with Gasteiger partial charge in [-0.05, 0) is 54.6 Å². The maximum atomic E-state index is 13.0. The monoisotopic (exact) mass is 653 g/mol. The summed E-state index contributed by atoms with van der Waals surface area (Å²) in [7, 11) is -2.65. The summed E-state index contributed by atoms with van der Waals surface area (Å²) < 4.78 is 35.4. The molecular formula is C26H20ClN9O6S2. The van der Waals surface area contributed by atoms with Crippen LogP contribution in [0.4, 0.5) is 28.0 Å². The van der Waals surface area contributed by atoms with Crippen molar-refractivity contribution in [3.63, 3.8) is 0 Å². The minimum Gasteiger partial charge on any atom is -0.491 e. The Hall–Kier alpha value is -5.26. The Morgan fingerprint density at radius 2 is 1.80 bits per heavy atom. The minimum absolute atomic E-state index is 0.0423. The zero-order chi connectivity index (χ0) is 31.4. The summed E-state index contributed by atoms with van der Waals surface area (Å²) in [5.74, 6) is -0.00112. The van der Waals surface area contributed by atoms with E-state index in [9.17, 15) is 23.3 Å². The van der Waals surface area contributed by atoms with Gasteiger partial charge in [0.1, 0.15) is 0 Å². The molecule has 5 rings (SSSR count). The normalized spacial score (nSPS) is 11.4. The summed E-state index contributed by atoms with van der Waals surface area (Å²) in [5, 5.41) is 35.3. The van der Waals surface area contributed by atoms with Crippen molar-refractivity contribution < 1.29 is 22.9 Å². The van der Waals surface area contributed by atoms with Crippen LogP contribution in [-0.4, -0.2) is 46.3 Å². The number of ether oxygens (including phenoxy) is 1. The highest BCUT2D eigenvalue weighted by atomic mass is 35.5. The minimum atomic E-state index is -4.04. The van der Waals surface area contributed by atoms with Gasteiger partial charge in [0.05, 0.1) is 28.3 Å². The molecule has 0 unspecified atom stereocenters. The number of methoxy groups -OCH3 is 1. The molecule has 18 heteroatoms. The summed E-state index contributed by atoms with van der Waals surface area (Å²) in [6, 6.07) is 17.8. The number of anilines is 2. The quantitative estimate of drug-likeness (QED) is 0.101. The van der Waals surface area contributed by atoms with Gasteiger partial charge in [0.15, 0.2) is 16.5 Å². The van der Waals surface area contributed by atoms with Crippen LogP contribution in [0.2, 0.25) is 5.02 Å². The maximum absolute atomic E-state index is 13.0. The molecular weight excluding hydrogens is 634 g/mol. The van der Waals surface area contributed by atoms with Crippen LogP contribution in [0.3, 0.4) is 0 Å². The highest BCUT2D eigenvalue weighted by Crippen LogP contribution is 2.42. The van der Waals surface area contributed by atoms with Crippen LogP contribution in [0.25, 0.3) is 16.4 Å². The van der Waals surface area contributed by atoms with Gasteiger partial charge in [-0.3, -0.25) is 19.6 Å². The number of azo groups is 1. The molecule has 0 saturated heterocycles. The number of carbonyl (C=O) groups is 1. The van der Waals surface area contributed by atoms with Gasteiger partial charge < -0.3 is 10.1 Å². The van der Waals surface area contributed by atoms with Crippen LogP contribution >= 0.6 is 22.9 Å². The lowest BCUT2D eigenvalue weighted by Gasteiger charge is -2.06. The van der Waals surface area contributed by atoms with E-state index >= 15 is 0 Å². The molecule has 0 bridgehead atoms. The van der Waals surface area contributed by atoms with Crippen molar-refractivity contribution in [2.75, 3.05) is 17.1 Å². The molecule has 5 aromatic rings. The van der Waals surface area contributed by atoms with Crippen molar-refractivity contribution in [1.29, 1.82) is 0 Å². The van der Waals surface area contributed by atoms with Gasteiger partial charge in [0.2, 0.25) is 16.9 Å². The molecule has 0 spiro atoms. The largest absolute Gasteiger partial charge is 0.491 e. The molecule has 224 valence electrons.